The number of benzene rings is 3. The maximum absolute atomic E-state index is 12.7. The summed E-state index contributed by atoms with van der Waals surface area (Å²) in [6.45, 7) is 5.94. The van der Waals surface area contributed by atoms with Gasteiger partial charge in [-0.05, 0) is 68.8 Å². The van der Waals surface area contributed by atoms with E-state index in [2.05, 4.69) is 10.3 Å². The standard InChI is InChI=1S/C23H19ClN2O2/c1-13-4-7-21-20(11-13)26-23(28-21)16-5-6-18(24)19(12-16)25-22(27)17-9-14(2)8-15(3)10-17/h4-12H,1-3H3,(H,25,27). The second-order valence-corrected chi connectivity index (χ2v) is 7.42. The molecule has 28 heavy (non-hydrogen) atoms. The van der Waals surface area contributed by atoms with E-state index < -0.39 is 0 Å². The molecule has 4 nitrogen and oxygen atoms in total. The molecule has 0 aliphatic rings. The molecule has 4 aromatic rings. The van der Waals surface area contributed by atoms with Crippen LogP contribution in [0.25, 0.3) is 22.6 Å². The van der Waals surface area contributed by atoms with E-state index in [-0.39, 0.29) is 5.91 Å². The summed E-state index contributed by atoms with van der Waals surface area (Å²) in [6.07, 6.45) is 0. The molecule has 0 spiro atoms. The first-order valence-electron chi connectivity index (χ1n) is 8.96. The minimum Gasteiger partial charge on any atom is -0.436 e. The van der Waals surface area contributed by atoms with Crippen LogP contribution in [-0.2, 0) is 0 Å². The highest BCUT2D eigenvalue weighted by atomic mass is 35.5. The average Bonchev–Trinajstić information content (AvgIpc) is 3.05. The third kappa shape index (κ3) is 3.64. The third-order valence-electron chi connectivity index (χ3n) is 4.49. The number of rotatable bonds is 3. The molecule has 0 radical (unpaired) electrons. The normalized spacial score (nSPS) is 11.0. The van der Waals surface area contributed by atoms with Gasteiger partial charge in [0.05, 0.1) is 10.7 Å². The summed E-state index contributed by atoms with van der Waals surface area (Å²) >= 11 is 6.31. The van der Waals surface area contributed by atoms with Crippen LogP contribution in [0.3, 0.4) is 0 Å². The van der Waals surface area contributed by atoms with E-state index in [1.54, 1.807) is 12.1 Å². The Morgan fingerprint density at radius 2 is 1.68 bits per heavy atom. The van der Waals surface area contributed by atoms with Crippen molar-refractivity contribution in [2.45, 2.75) is 20.8 Å². The fourth-order valence-electron chi connectivity index (χ4n) is 3.22. The van der Waals surface area contributed by atoms with Crippen LogP contribution in [0.2, 0.25) is 5.02 Å². The number of nitrogens with one attached hydrogen (secondary N) is 1. The van der Waals surface area contributed by atoms with E-state index in [9.17, 15) is 4.79 Å². The number of hydrogen-bond donors (Lipinski definition) is 1. The molecule has 0 saturated heterocycles. The van der Waals surface area contributed by atoms with Crippen molar-refractivity contribution in [3.63, 3.8) is 0 Å². The number of nitrogens with zero attached hydrogens (tertiary/aromatic N) is 1. The fourth-order valence-corrected chi connectivity index (χ4v) is 3.38. The fraction of sp³-hybridized carbons (Fsp3) is 0.130. The largest absolute Gasteiger partial charge is 0.436 e. The number of anilines is 1. The summed E-state index contributed by atoms with van der Waals surface area (Å²) in [5.74, 6) is 0.276. The smallest absolute Gasteiger partial charge is 0.255 e. The van der Waals surface area contributed by atoms with Gasteiger partial charge in [0.15, 0.2) is 5.58 Å². The summed E-state index contributed by atoms with van der Waals surface area (Å²) in [5.41, 5.74) is 6.55. The zero-order valence-electron chi connectivity index (χ0n) is 15.8. The SMILES string of the molecule is Cc1cc(C)cc(C(=O)Nc2cc(-c3nc4cc(C)ccc4o3)ccc2Cl)c1. The van der Waals surface area contributed by atoms with Crippen molar-refractivity contribution in [3.8, 4) is 11.5 Å². The van der Waals surface area contributed by atoms with E-state index in [0.29, 0.717) is 22.2 Å². The Bertz CT molecular complexity index is 1190. The first-order chi connectivity index (χ1) is 13.4. The lowest BCUT2D eigenvalue weighted by atomic mass is 10.1. The molecular weight excluding hydrogens is 372 g/mol. The Morgan fingerprint density at radius 3 is 2.43 bits per heavy atom. The predicted molar refractivity (Wildman–Crippen MR) is 113 cm³/mol. The van der Waals surface area contributed by atoms with Crippen molar-refractivity contribution in [1.82, 2.24) is 4.98 Å². The Labute approximate surface area is 168 Å². The van der Waals surface area contributed by atoms with E-state index in [4.69, 9.17) is 16.0 Å². The second-order valence-electron chi connectivity index (χ2n) is 7.02. The van der Waals surface area contributed by atoms with Gasteiger partial charge in [-0.15, -0.1) is 0 Å². The number of halogens is 1. The number of aromatic nitrogens is 1. The summed E-state index contributed by atoms with van der Waals surface area (Å²) in [7, 11) is 0. The van der Waals surface area contributed by atoms with Gasteiger partial charge in [0.2, 0.25) is 5.89 Å². The first kappa shape index (κ1) is 18.3. The van der Waals surface area contributed by atoms with Crippen LogP contribution in [0, 0.1) is 20.8 Å². The third-order valence-corrected chi connectivity index (χ3v) is 4.82. The van der Waals surface area contributed by atoms with Crippen molar-refractivity contribution in [2.75, 3.05) is 5.32 Å². The topological polar surface area (TPSA) is 55.1 Å². The second kappa shape index (κ2) is 7.13. The highest BCUT2D eigenvalue weighted by Crippen LogP contribution is 2.31. The van der Waals surface area contributed by atoms with Crippen LogP contribution in [-0.4, -0.2) is 10.9 Å². The van der Waals surface area contributed by atoms with Crippen molar-refractivity contribution >= 4 is 34.3 Å². The van der Waals surface area contributed by atoms with Crippen LogP contribution in [0.1, 0.15) is 27.0 Å². The van der Waals surface area contributed by atoms with Gasteiger partial charge in [-0.3, -0.25) is 4.79 Å². The summed E-state index contributed by atoms with van der Waals surface area (Å²) in [4.78, 5) is 17.2. The first-order valence-corrected chi connectivity index (χ1v) is 9.33. The highest BCUT2D eigenvalue weighted by molar-refractivity contribution is 6.34. The summed E-state index contributed by atoms with van der Waals surface area (Å²) < 4.78 is 5.86. The molecule has 4 rings (SSSR count). The molecule has 0 bridgehead atoms. The zero-order chi connectivity index (χ0) is 19.8. The van der Waals surface area contributed by atoms with Crippen LogP contribution < -0.4 is 5.32 Å². The quantitative estimate of drug-likeness (QED) is 0.445. The van der Waals surface area contributed by atoms with Crippen LogP contribution in [0.15, 0.2) is 59.0 Å². The number of oxazole rings is 1. The number of carbonyl (C=O) groups is 1. The van der Waals surface area contributed by atoms with Gasteiger partial charge in [-0.1, -0.05) is 34.9 Å². The number of amides is 1. The van der Waals surface area contributed by atoms with Crippen molar-refractivity contribution < 1.29 is 9.21 Å². The lowest BCUT2D eigenvalue weighted by molar-refractivity contribution is 0.102. The molecule has 1 aromatic heterocycles. The molecule has 140 valence electrons. The molecule has 0 aliphatic carbocycles. The van der Waals surface area contributed by atoms with Gasteiger partial charge in [-0.2, -0.15) is 0 Å². The van der Waals surface area contributed by atoms with E-state index in [1.165, 1.54) is 0 Å². The number of hydrogen-bond acceptors (Lipinski definition) is 3. The van der Waals surface area contributed by atoms with Crippen LogP contribution in [0.5, 0.6) is 0 Å². The van der Waals surface area contributed by atoms with E-state index >= 15 is 0 Å². The van der Waals surface area contributed by atoms with Gasteiger partial charge in [0.1, 0.15) is 5.52 Å². The van der Waals surface area contributed by atoms with Gasteiger partial charge < -0.3 is 9.73 Å². The molecule has 0 aliphatic heterocycles. The molecule has 0 fully saturated rings. The van der Waals surface area contributed by atoms with Gasteiger partial charge in [-0.25, -0.2) is 4.98 Å². The van der Waals surface area contributed by atoms with Crippen molar-refractivity contribution in [1.29, 1.82) is 0 Å². The number of fused-ring (bicyclic) bond motifs is 1. The minimum atomic E-state index is -0.209. The maximum atomic E-state index is 12.7. The van der Waals surface area contributed by atoms with Gasteiger partial charge in [0, 0.05) is 11.1 Å². The molecular formula is C23H19ClN2O2. The molecule has 0 unspecified atom stereocenters. The average molecular weight is 391 g/mol. The van der Waals surface area contributed by atoms with Crippen LogP contribution >= 0.6 is 11.6 Å². The van der Waals surface area contributed by atoms with Crippen molar-refractivity contribution in [3.05, 3.63) is 81.9 Å². The molecule has 1 amide bonds. The molecule has 1 heterocycles. The Hall–Kier alpha value is -3.11. The number of aryl methyl sites for hydroxylation is 3. The Kier molecular flexibility index (Phi) is 4.65. The monoisotopic (exact) mass is 390 g/mol. The molecule has 3 aromatic carbocycles. The highest BCUT2D eigenvalue weighted by Gasteiger charge is 2.14. The summed E-state index contributed by atoms with van der Waals surface area (Å²) in [6, 6.07) is 16.9. The number of carbonyl (C=O) groups excluding carboxylic acids is 1. The molecule has 0 atom stereocenters. The Morgan fingerprint density at radius 1 is 0.929 bits per heavy atom. The van der Waals surface area contributed by atoms with Crippen LogP contribution in [0.4, 0.5) is 5.69 Å². The minimum absolute atomic E-state index is 0.209. The summed E-state index contributed by atoms with van der Waals surface area (Å²) in [5, 5.41) is 3.35. The van der Waals surface area contributed by atoms with Gasteiger partial charge in [0.25, 0.3) is 5.91 Å². The van der Waals surface area contributed by atoms with E-state index in [1.807, 2.05) is 63.2 Å². The van der Waals surface area contributed by atoms with Gasteiger partial charge >= 0.3 is 0 Å². The molecule has 0 saturated carbocycles. The lowest BCUT2D eigenvalue weighted by Crippen LogP contribution is -2.12. The maximum Gasteiger partial charge on any atom is 0.255 e. The lowest BCUT2D eigenvalue weighted by Gasteiger charge is -2.10. The Balaban J connectivity index is 1.67. The zero-order valence-corrected chi connectivity index (χ0v) is 16.6. The van der Waals surface area contributed by atoms with Crippen molar-refractivity contribution in [2.24, 2.45) is 0 Å². The molecule has 5 heteroatoms. The molecule has 1 N–H and O–H groups in total. The predicted octanol–water partition coefficient (Wildman–Crippen LogP) is 6.33. The van der Waals surface area contributed by atoms with E-state index in [0.717, 1.165) is 33.4 Å².